The maximum absolute atomic E-state index is 13.3. The minimum atomic E-state index is -0.207. The molecule has 0 bridgehead atoms. The van der Waals surface area contributed by atoms with E-state index < -0.39 is 0 Å². The molecule has 3 nitrogen and oxygen atoms in total. The molecule has 3 rings (SSSR count). The largest absolute Gasteiger partial charge is 0.329 e. The fraction of sp³-hybridized carbons (Fsp3) is 0.400. The molecule has 1 N–H and O–H groups in total. The Hall–Kier alpha value is -1.68. The molecular weight excluding hydrogens is 241 g/mol. The number of hydrogen-bond acceptors (Lipinski definition) is 2. The van der Waals surface area contributed by atoms with E-state index in [-0.39, 0.29) is 5.82 Å². The minimum Gasteiger partial charge on any atom is -0.329 e. The van der Waals surface area contributed by atoms with Crippen LogP contribution in [0.5, 0.6) is 0 Å². The number of aromatic nitrogens is 2. The van der Waals surface area contributed by atoms with Crippen LogP contribution in [0.4, 0.5) is 4.39 Å². The zero-order valence-corrected chi connectivity index (χ0v) is 10.8. The molecule has 1 saturated heterocycles. The fourth-order valence-electron chi connectivity index (χ4n) is 2.67. The van der Waals surface area contributed by atoms with Crippen molar-refractivity contribution in [2.75, 3.05) is 6.54 Å². The molecule has 2 heterocycles. The SMILES string of the molecule is Fc1cccc(-c2cncn2CC2CCCCN2)c1. The Labute approximate surface area is 112 Å². The van der Waals surface area contributed by atoms with Gasteiger partial charge in [0.15, 0.2) is 0 Å². The number of rotatable bonds is 3. The van der Waals surface area contributed by atoms with E-state index in [0.717, 1.165) is 24.3 Å². The molecule has 1 aliphatic heterocycles. The molecule has 1 aromatic carbocycles. The summed E-state index contributed by atoms with van der Waals surface area (Å²) >= 11 is 0. The monoisotopic (exact) mass is 259 g/mol. The number of nitrogens with zero attached hydrogens (tertiary/aromatic N) is 2. The standard InChI is InChI=1S/C15H18FN3/c16-13-5-3-4-12(8-13)15-9-17-11-19(15)10-14-6-1-2-7-18-14/h3-5,8-9,11,14,18H,1-2,6-7,10H2. The first-order valence-electron chi connectivity index (χ1n) is 6.82. The van der Waals surface area contributed by atoms with Crippen LogP contribution in [0.1, 0.15) is 19.3 Å². The van der Waals surface area contributed by atoms with Gasteiger partial charge in [-0.1, -0.05) is 18.6 Å². The number of piperidine rings is 1. The lowest BCUT2D eigenvalue weighted by atomic mass is 10.0. The predicted molar refractivity (Wildman–Crippen MR) is 73.3 cm³/mol. The maximum atomic E-state index is 13.3. The van der Waals surface area contributed by atoms with Gasteiger partial charge < -0.3 is 9.88 Å². The molecule has 0 saturated carbocycles. The highest BCUT2D eigenvalue weighted by molar-refractivity contribution is 5.58. The molecular formula is C15H18FN3. The summed E-state index contributed by atoms with van der Waals surface area (Å²) in [5, 5.41) is 3.52. The summed E-state index contributed by atoms with van der Waals surface area (Å²) in [4.78, 5) is 4.21. The number of hydrogen-bond donors (Lipinski definition) is 1. The van der Waals surface area contributed by atoms with Crippen molar-refractivity contribution in [2.24, 2.45) is 0 Å². The number of nitrogens with one attached hydrogen (secondary N) is 1. The third-order valence-electron chi connectivity index (χ3n) is 3.66. The van der Waals surface area contributed by atoms with Crippen LogP contribution in [-0.2, 0) is 6.54 Å². The van der Waals surface area contributed by atoms with Gasteiger partial charge in [0.2, 0.25) is 0 Å². The Bertz CT molecular complexity index is 544. The van der Waals surface area contributed by atoms with Crippen LogP contribution in [-0.4, -0.2) is 22.1 Å². The molecule has 0 amide bonds. The van der Waals surface area contributed by atoms with Gasteiger partial charge in [0.25, 0.3) is 0 Å². The highest BCUT2D eigenvalue weighted by atomic mass is 19.1. The Balaban J connectivity index is 1.81. The van der Waals surface area contributed by atoms with Crippen LogP contribution in [0.2, 0.25) is 0 Å². The van der Waals surface area contributed by atoms with Crippen molar-refractivity contribution >= 4 is 0 Å². The minimum absolute atomic E-state index is 0.207. The predicted octanol–water partition coefficient (Wildman–Crippen LogP) is 2.83. The average molecular weight is 259 g/mol. The summed E-state index contributed by atoms with van der Waals surface area (Å²) < 4.78 is 15.4. The first kappa shape index (κ1) is 12.4. The number of halogens is 1. The van der Waals surface area contributed by atoms with Crippen LogP contribution in [0, 0.1) is 5.82 Å². The highest BCUT2D eigenvalue weighted by Crippen LogP contribution is 2.21. The van der Waals surface area contributed by atoms with Gasteiger partial charge in [0.1, 0.15) is 5.82 Å². The molecule has 1 fully saturated rings. The van der Waals surface area contributed by atoms with Crippen molar-refractivity contribution in [1.82, 2.24) is 14.9 Å². The first-order valence-corrected chi connectivity index (χ1v) is 6.82. The summed E-state index contributed by atoms with van der Waals surface area (Å²) in [6.45, 7) is 1.99. The second-order valence-corrected chi connectivity index (χ2v) is 5.09. The normalized spacial score (nSPS) is 19.5. The topological polar surface area (TPSA) is 29.9 Å². The summed E-state index contributed by atoms with van der Waals surface area (Å²) in [6, 6.07) is 7.18. The third-order valence-corrected chi connectivity index (χ3v) is 3.66. The van der Waals surface area contributed by atoms with E-state index in [1.54, 1.807) is 18.3 Å². The molecule has 1 aromatic heterocycles. The van der Waals surface area contributed by atoms with Gasteiger partial charge in [0, 0.05) is 18.2 Å². The van der Waals surface area contributed by atoms with E-state index in [1.807, 2.05) is 12.4 Å². The Kier molecular flexibility index (Phi) is 3.60. The lowest BCUT2D eigenvalue weighted by Gasteiger charge is -2.24. The van der Waals surface area contributed by atoms with Crippen molar-refractivity contribution in [3.63, 3.8) is 0 Å². The summed E-state index contributed by atoms with van der Waals surface area (Å²) in [7, 11) is 0. The van der Waals surface area contributed by atoms with E-state index >= 15 is 0 Å². The van der Waals surface area contributed by atoms with E-state index in [1.165, 1.54) is 25.3 Å². The number of imidazole rings is 1. The van der Waals surface area contributed by atoms with Gasteiger partial charge in [-0.2, -0.15) is 0 Å². The van der Waals surface area contributed by atoms with E-state index in [2.05, 4.69) is 14.9 Å². The van der Waals surface area contributed by atoms with Crippen molar-refractivity contribution in [3.8, 4) is 11.3 Å². The van der Waals surface area contributed by atoms with Gasteiger partial charge in [-0.05, 0) is 31.5 Å². The van der Waals surface area contributed by atoms with E-state index in [0.29, 0.717) is 6.04 Å². The van der Waals surface area contributed by atoms with E-state index in [9.17, 15) is 4.39 Å². The molecule has 100 valence electrons. The van der Waals surface area contributed by atoms with Crippen LogP contribution >= 0.6 is 0 Å². The number of benzene rings is 1. The van der Waals surface area contributed by atoms with Crippen molar-refractivity contribution in [1.29, 1.82) is 0 Å². The zero-order chi connectivity index (χ0) is 13.1. The van der Waals surface area contributed by atoms with Gasteiger partial charge in [-0.3, -0.25) is 0 Å². The van der Waals surface area contributed by atoms with Gasteiger partial charge in [-0.15, -0.1) is 0 Å². The van der Waals surface area contributed by atoms with E-state index in [4.69, 9.17) is 0 Å². The Morgan fingerprint density at radius 2 is 2.32 bits per heavy atom. The molecule has 1 atom stereocenters. The van der Waals surface area contributed by atoms with Crippen LogP contribution < -0.4 is 5.32 Å². The lowest BCUT2D eigenvalue weighted by Crippen LogP contribution is -2.37. The molecule has 0 radical (unpaired) electrons. The molecule has 0 spiro atoms. The highest BCUT2D eigenvalue weighted by Gasteiger charge is 2.15. The lowest BCUT2D eigenvalue weighted by molar-refractivity contribution is 0.364. The second-order valence-electron chi connectivity index (χ2n) is 5.09. The maximum Gasteiger partial charge on any atom is 0.123 e. The fourth-order valence-corrected chi connectivity index (χ4v) is 2.67. The third kappa shape index (κ3) is 2.84. The summed E-state index contributed by atoms with van der Waals surface area (Å²) in [5.74, 6) is -0.207. The molecule has 0 aliphatic carbocycles. The summed E-state index contributed by atoms with van der Waals surface area (Å²) in [5.41, 5.74) is 1.86. The molecule has 1 aliphatic rings. The van der Waals surface area contributed by atoms with Gasteiger partial charge >= 0.3 is 0 Å². The van der Waals surface area contributed by atoms with Gasteiger partial charge in [-0.25, -0.2) is 9.37 Å². The Morgan fingerprint density at radius 1 is 1.37 bits per heavy atom. The smallest absolute Gasteiger partial charge is 0.123 e. The average Bonchev–Trinajstić information content (AvgIpc) is 2.88. The molecule has 1 unspecified atom stereocenters. The first-order chi connectivity index (χ1) is 9.33. The van der Waals surface area contributed by atoms with Gasteiger partial charge in [0.05, 0.1) is 18.2 Å². The quantitative estimate of drug-likeness (QED) is 0.918. The van der Waals surface area contributed by atoms with Crippen molar-refractivity contribution in [3.05, 3.63) is 42.6 Å². The Morgan fingerprint density at radius 3 is 3.11 bits per heavy atom. The molecule has 19 heavy (non-hydrogen) atoms. The second kappa shape index (κ2) is 5.53. The van der Waals surface area contributed by atoms with Crippen LogP contribution in [0.3, 0.4) is 0 Å². The molecule has 4 heteroatoms. The van der Waals surface area contributed by atoms with Crippen LogP contribution in [0.15, 0.2) is 36.8 Å². The zero-order valence-electron chi connectivity index (χ0n) is 10.8. The van der Waals surface area contributed by atoms with Crippen molar-refractivity contribution in [2.45, 2.75) is 31.8 Å². The molecule has 2 aromatic rings. The summed E-state index contributed by atoms with van der Waals surface area (Å²) in [6.07, 6.45) is 7.37. The van der Waals surface area contributed by atoms with Crippen LogP contribution in [0.25, 0.3) is 11.3 Å². The van der Waals surface area contributed by atoms with Crippen molar-refractivity contribution < 1.29 is 4.39 Å².